The van der Waals surface area contributed by atoms with Crippen LogP contribution in [0.1, 0.15) is 10.4 Å². The molecule has 3 aromatic rings. The Hall–Kier alpha value is -2.82. The van der Waals surface area contributed by atoms with Gasteiger partial charge in [-0.2, -0.15) is 5.10 Å². The van der Waals surface area contributed by atoms with Crippen LogP contribution >= 0.6 is 0 Å². The van der Waals surface area contributed by atoms with Gasteiger partial charge in [-0.1, -0.05) is 30.3 Å². The molecule has 0 bridgehead atoms. The van der Waals surface area contributed by atoms with Gasteiger partial charge in [0.25, 0.3) is 0 Å². The lowest BCUT2D eigenvalue weighted by Gasteiger charge is -1.98. The van der Waals surface area contributed by atoms with Crippen molar-refractivity contribution in [1.29, 1.82) is 0 Å². The van der Waals surface area contributed by atoms with Crippen LogP contribution in [0.2, 0.25) is 0 Å². The van der Waals surface area contributed by atoms with Gasteiger partial charge in [0.1, 0.15) is 0 Å². The van der Waals surface area contributed by atoms with Crippen molar-refractivity contribution in [3.05, 3.63) is 60.7 Å². The maximum atomic E-state index is 10.5. The van der Waals surface area contributed by atoms with E-state index in [4.69, 9.17) is 0 Å². The fourth-order valence-electron chi connectivity index (χ4n) is 1.72. The van der Waals surface area contributed by atoms with Gasteiger partial charge in [0.15, 0.2) is 6.29 Å². The molecule has 0 atom stereocenters. The summed E-state index contributed by atoms with van der Waals surface area (Å²) in [5, 5.41) is 4.22. The number of carbonyl (C=O) groups excluding carboxylic acids is 1. The minimum atomic E-state index is 0.438. The highest BCUT2D eigenvalue weighted by molar-refractivity contribution is 5.73. The summed E-state index contributed by atoms with van der Waals surface area (Å²) in [6.07, 6.45) is 7.26. The number of aromatic nitrogens is 4. The first-order valence-electron chi connectivity index (χ1n) is 5.74. The highest BCUT2D eigenvalue weighted by atomic mass is 16.1. The summed E-state index contributed by atoms with van der Waals surface area (Å²) in [5.41, 5.74) is 2.51. The molecule has 0 radical (unpaired) electrons. The summed E-state index contributed by atoms with van der Waals surface area (Å²) >= 11 is 0. The Balaban J connectivity index is 1.94. The van der Waals surface area contributed by atoms with Gasteiger partial charge in [0, 0.05) is 24.2 Å². The third-order valence-corrected chi connectivity index (χ3v) is 2.69. The molecule has 0 fully saturated rings. The molecule has 5 nitrogen and oxygen atoms in total. The number of carbonyl (C=O) groups is 1. The Morgan fingerprint density at radius 3 is 2.37 bits per heavy atom. The fraction of sp³-hybridized carbons (Fsp3) is 0. The van der Waals surface area contributed by atoms with E-state index >= 15 is 0 Å². The van der Waals surface area contributed by atoms with Crippen molar-refractivity contribution >= 4 is 6.29 Å². The second-order valence-electron chi connectivity index (χ2n) is 3.97. The predicted molar refractivity (Wildman–Crippen MR) is 70.0 cm³/mol. The van der Waals surface area contributed by atoms with Gasteiger partial charge in [-0.3, -0.25) is 4.79 Å². The lowest BCUT2D eigenvalue weighted by atomic mass is 10.1. The zero-order chi connectivity index (χ0) is 13.1. The number of hydrogen-bond donors (Lipinski definition) is 0. The lowest BCUT2D eigenvalue weighted by molar-refractivity contribution is 0.112. The van der Waals surface area contributed by atoms with Gasteiger partial charge in [-0.05, 0) is 5.56 Å². The summed E-state index contributed by atoms with van der Waals surface area (Å²) in [7, 11) is 0. The molecule has 92 valence electrons. The van der Waals surface area contributed by atoms with E-state index in [-0.39, 0.29) is 0 Å². The Bertz CT molecular complexity index is 689. The van der Waals surface area contributed by atoms with Gasteiger partial charge in [0.2, 0.25) is 5.95 Å². The zero-order valence-corrected chi connectivity index (χ0v) is 9.97. The molecular weight excluding hydrogens is 240 g/mol. The number of rotatable bonds is 3. The van der Waals surface area contributed by atoms with E-state index in [2.05, 4.69) is 15.1 Å². The van der Waals surface area contributed by atoms with Gasteiger partial charge in [0.05, 0.1) is 11.8 Å². The van der Waals surface area contributed by atoms with Crippen molar-refractivity contribution in [3.8, 4) is 17.1 Å². The summed E-state index contributed by atoms with van der Waals surface area (Å²) in [6.45, 7) is 0. The molecule has 3 rings (SSSR count). The van der Waals surface area contributed by atoms with Crippen molar-refractivity contribution in [2.24, 2.45) is 0 Å². The molecule has 2 heterocycles. The van der Waals surface area contributed by atoms with Crippen LogP contribution < -0.4 is 0 Å². The van der Waals surface area contributed by atoms with Gasteiger partial charge >= 0.3 is 0 Å². The first-order chi connectivity index (χ1) is 9.36. The van der Waals surface area contributed by atoms with Gasteiger partial charge in [-0.15, -0.1) is 0 Å². The van der Waals surface area contributed by atoms with Crippen LogP contribution in [0.4, 0.5) is 0 Å². The Kier molecular flexibility index (Phi) is 2.86. The maximum Gasteiger partial charge on any atom is 0.250 e. The van der Waals surface area contributed by atoms with Gasteiger partial charge in [-0.25, -0.2) is 14.6 Å². The quantitative estimate of drug-likeness (QED) is 0.668. The molecule has 0 saturated carbocycles. The summed E-state index contributed by atoms with van der Waals surface area (Å²) in [6, 6.07) is 9.94. The molecule has 2 aromatic heterocycles. The zero-order valence-electron chi connectivity index (χ0n) is 9.97. The van der Waals surface area contributed by atoms with E-state index in [1.54, 1.807) is 10.9 Å². The van der Waals surface area contributed by atoms with Gasteiger partial charge < -0.3 is 0 Å². The summed E-state index contributed by atoms with van der Waals surface area (Å²) < 4.78 is 1.58. The summed E-state index contributed by atoms with van der Waals surface area (Å²) in [5.74, 6) is 0.438. The molecule has 0 aliphatic heterocycles. The van der Waals surface area contributed by atoms with E-state index in [0.717, 1.165) is 11.1 Å². The van der Waals surface area contributed by atoms with Crippen LogP contribution in [0.3, 0.4) is 0 Å². The number of aldehydes is 1. The molecule has 1 aromatic carbocycles. The highest BCUT2D eigenvalue weighted by Gasteiger charge is 2.05. The summed E-state index contributed by atoms with van der Waals surface area (Å²) in [4.78, 5) is 18.7. The van der Waals surface area contributed by atoms with Crippen LogP contribution in [0.25, 0.3) is 17.1 Å². The van der Waals surface area contributed by atoms with Crippen LogP contribution in [-0.4, -0.2) is 26.0 Å². The van der Waals surface area contributed by atoms with E-state index < -0.39 is 0 Å². The van der Waals surface area contributed by atoms with Crippen molar-refractivity contribution in [3.63, 3.8) is 0 Å². The number of nitrogens with zero attached hydrogens (tertiary/aromatic N) is 4. The second-order valence-corrected chi connectivity index (χ2v) is 3.97. The third kappa shape index (κ3) is 2.26. The van der Waals surface area contributed by atoms with Crippen LogP contribution in [0.15, 0.2) is 55.1 Å². The predicted octanol–water partition coefficient (Wildman–Crippen LogP) is 2.14. The molecule has 0 aliphatic carbocycles. The standard InChI is InChI=1S/C14H10N4O/c19-10-11-6-15-14(16-7-11)18-9-13(8-17-18)12-4-2-1-3-5-12/h1-10H. The molecule has 0 unspecified atom stereocenters. The molecule has 0 spiro atoms. The van der Waals surface area contributed by atoms with E-state index in [9.17, 15) is 4.79 Å². The maximum absolute atomic E-state index is 10.5. The SMILES string of the molecule is O=Cc1cnc(-n2cc(-c3ccccc3)cn2)nc1. The normalized spacial score (nSPS) is 10.3. The lowest BCUT2D eigenvalue weighted by Crippen LogP contribution is -2.01. The van der Waals surface area contributed by atoms with Crippen molar-refractivity contribution in [1.82, 2.24) is 19.7 Å². The molecule has 0 amide bonds. The second kappa shape index (κ2) is 4.81. The molecule has 0 N–H and O–H groups in total. The minimum Gasteiger partial charge on any atom is -0.298 e. The molecule has 19 heavy (non-hydrogen) atoms. The Morgan fingerprint density at radius 1 is 0.947 bits per heavy atom. The number of hydrogen-bond acceptors (Lipinski definition) is 4. The topological polar surface area (TPSA) is 60.7 Å². The first kappa shape index (κ1) is 11.3. The minimum absolute atomic E-state index is 0.438. The van der Waals surface area contributed by atoms with E-state index in [1.165, 1.54) is 12.4 Å². The van der Waals surface area contributed by atoms with Crippen molar-refractivity contribution < 1.29 is 4.79 Å². The van der Waals surface area contributed by atoms with Crippen LogP contribution in [0, 0.1) is 0 Å². The average Bonchev–Trinajstić information content (AvgIpc) is 2.98. The average molecular weight is 250 g/mol. The van der Waals surface area contributed by atoms with Crippen molar-refractivity contribution in [2.45, 2.75) is 0 Å². The van der Waals surface area contributed by atoms with E-state index in [1.807, 2.05) is 36.5 Å². The van der Waals surface area contributed by atoms with Crippen LogP contribution in [-0.2, 0) is 0 Å². The van der Waals surface area contributed by atoms with E-state index in [0.29, 0.717) is 17.8 Å². The third-order valence-electron chi connectivity index (χ3n) is 2.69. The van der Waals surface area contributed by atoms with Crippen LogP contribution in [0.5, 0.6) is 0 Å². The smallest absolute Gasteiger partial charge is 0.250 e. The largest absolute Gasteiger partial charge is 0.298 e. The molecular formula is C14H10N4O. The number of benzene rings is 1. The highest BCUT2D eigenvalue weighted by Crippen LogP contribution is 2.18. The van der Waals surface area contributed by atoms with Crippen molar-refractivity contribution in [2.75, 3.05) is 0 Å². The monoisotopic (exact) mass is 250 g/mol. The Labute approximate surface area is 109 Å². The Morgan fingerprint density at radius 2 is 1.68 bits per heavy atom. The molecule has 0 saturated heterocycles. The first-order valence-corrected chi connectivity index (χ1v) is 5.74. The molecule has 0 aliphatic rings. The molecule has 5 heteroatoms. The fourth-order valence-corrected chi connectivity index (χ4v) is 1.72.